The van der Waals surface area contributed by atoms with Crippen LogP contribution >= 0.6 is 28.1 Å². The maximum atomic E-state index is 13.8. The molecule has 1 atom stereocenters. The van der Waals surface area contributed by atoms with E-state index in [1.807, 2.05) is 31.2 Å². The summed E-state index contributed by atoms with van der Waals surface area (Å²) < 4.78 is 25.2. The number of methoxy groups -OCH3 is 1. The summed E-state index contributed by atoms with van der Waals surface area (Å²) in [4.78, 5) is 0. The van der Waals surface area contributed by atoms with Crippen LogP contribution in [0.1, 0.15) is 6.92 Å². The average Bonchev–Trinajstić information content (AvgIpc) is 2.56. The van der Waals surface area contributed by atoms with Gasteiger partial charge in [-0.3, -0.25) is 0 Å². The van der Waals surface area contributed by atoms with Crippen LogP contribution in [0.3, 0.4) is 0 Å². The molecule has 0 aliphatic heterocycles. The highest BCUT2D eigenvalue weighted by molar-refractivity contribution is 9.10. The number of anilines is 1. The van der Waals surface area contributed by atoms with E-state index in [0.29, 0.717) is 21.9 Å². The number of hydrogen-bond donors (Lipinski definition) is 2. The van der Waals surface area contributed by atoms with Gasteiger partial charge in [0.05, 0.1) is 18.8 Å². The summed E-state index contributed by atoms with van der Waals surface area (Å²) in [5.41, 5.74) is 0.318. The highest BCUT2D eigenvalue weighted by atomic mass is 79.9. The van der Waals surface area contributed by atoms with Crippen molar-refractivity contribution in [3.8, 4) is 11.5 Å². The van der Waals surface area contributed by atoms with E-state index >= 15 is 0 Å². The van der Waals surface area contributed by atoms with Gasteiger partial charge < -0.3 is 20.1 Å². The first-order chi connectivity index (χ1) is 11.5. The lowest BCUT2D eigenvalue weighted by atomic mass is 10.3. The van der Waals surface area contributed by atoms with Gasteiger partial charge in [0.1, 0.15) is 23.9 Å². The van der Waals surface area contributed by atoms with E-state index < -0.39 is 0 Å². The van der Waals surface area contributed by atoms with E-state index in [1.54, 1.807) is 19.2 Å². The summed E-state index contributed by atoms with van der Waals surface area (Å²) in [6.45, 7) is 2.34. The van der Waals surface area contributed by atoms with Gasteiger partial charge in [0.15, 0.2) is 5.11 Å². The Bertz CT molecular complexity index is 697. The second-order valence-electron chi connectivity index (χ2n) is 5.11. The summed E-state index contributed by atoms with van der Waals surface area (Å²) in [6, 6.07) is 12.0. The predicted molar refractivity (Wildman–Crippen MR) is 101 cm³/mol. The number of nitrogens with one attached hydrogen (secondary N) is 2. The minimum absolute atomic E-state index is 0.0504. The number of rotatable bonds is 6. The highest BCUT2D eigenvalue weighted by Gasteiger charge is 2.08. The first kappa shape index (κ1) is 18.5. The summed E-state index contributed by atoms with van der Waals surface area (Å²) in [5.74, 6) is 1.13. The van der Waals surface area contributed by atoms with Crippen molar-refractivity contribution in [1.82, 2.24) is 5.32 Å². The van der Waals surface area contributed by atoms with Crippen LogP contribution in [0.4, 0.5) is 10.1 Å². The van der Waals surface area contributed by atoms with Crippen molar-refractivity contribution in [1.29, 1.82) is 0 Å². The molecule has 0 saturated heterocycles. The first-order valence-corrected chi connectivity index (χ1v) is 8.47. The maximum Gasteiger partial charge on any atom is 0.171 e. The lowest BCUT2D eigenvalue weighted by Crippen LogP contribution is -2.39. The predicted octanol–water partition coefficient (Wildman–Crippen LogP) is 4.35. The summed E-state index contributed by atoms with van der Waals surface area (Å²) in [6.07, 6.45) is 0. The molecule has 0 fully saturated rings. The van der Waals surface area contributed by atoms with Gasteiger partial charge in [-0.1, -0.05) is 15.9 Å². The quantitative estimate of drug-likeness (QED) is 0.690. The Kier molecular flexibility index (Phi) is 6.81. The number of hydrogen-bond acceptors (Lipinski definition) is 3. The van der Waals surface area contributed by atoms with Crippen molar-refractivity contribution >= 4 is 38.9 Å². The van der Waals surface area contributed by atoms with Crippen molar-refractivity contribution in [2.24, 2.45) is 0 Å². The van der Waals surface area contributed by atoms with E-state index in [1.165, 1.54) is 6.07 Å². The Labute approximate surface area is 154 Å². The smallest absolute Gasteiger partial charge is 0.171 e. The molecule has 2 N–H and O–H groups in total. The van der Waals surface area contributed by atoms with Gasteiger partial charge in [0, 0.05) is 4.47 Å². The molecule has 7 heteroatoms. The highest BCUT2D eigenvalue weighted by Crippen LogP contribution is 2.19. The molecule has 0 saturated carbocycles. The lowest BCUT2D eigenvalue weighted by molar-refractivity contribution is 0.286. The number of thiocarbonyl (C=S) groups is 1. The molecule has 0 amide bonds. The van der Waals surface area contributed by atoms with Crippen LogP contribution in [-0.2, 0) is 0 Å². The number of ether oxygens (including phenoxy) is 2. The zero-order valence-electron chi connectivity index (χ0n) is 13.3. The zero-order chi connectivity index (χ0) is 17.5. The Morgan fingerprint density at radius 1 is 1.21 bits per heavy atom. The van der Waals surface area contributed by atoms with Crippen LogP contribution in [0.2, 0.25) is 0 Å². The van der Waals surface area contributed by atoms with E-state index in [9.17, 15) is 4.39 Å². The molecule has 1 unspecified atom stereocenters. The summed E-state index contributed by atoms with van der Waals surface area (Å²) >= 11 is 8.41. The van der Waals surface area contributed by atoms with Gasteiger partial charge in [0.2, 0.25) is 0 Å². The fraction of sp³-hybridized carbons (Fsp3) is 0.235. The third-order valence-electron chi connectivity index (χ3n) is 3.12. The van der Waals surface area contributed by atoms with Gasteiger partial charge in [0.25, 0.3) is 0 Å². The molecule has 0 radical (unpaired) electrons. The van der Waals surface area contributed by atoms with E-state index in [-0.39, 0.29) is 11.9 Å². The first-order valence-electron chi connectivity index (χ1n) is 7.27. The van der Waals surface area contributed by atoms with Gasteiger partial charge in [-0.25, -0.2) is 4.39 Å². The van der Waals surface area contributed by atoms with Gasteiger partial charge in [-0.15, -0.1) is 0 Å². The summed E-state index contributed by atoms with van der Waals surface area (Å²) in [7, 11) is 1.62. The van der Waals surface area contributed by atoms with Crippen LogP contribution < -0.4 is 20.1 Å². The standard InChI is InChI=1S/C17H18BrFN2O2S/c1-11(10-23-14-6-4-13(22-2)5-7-14)20-17(24)21-16-8-3-12(18)9-15(16)19/h3-9,11H,10H2,1-2H3,(H2,20,21,24). The molecule has 2 aromatic rings. The molecule has 128 valence electrons. The molecule has 0 spiro atoms. The van der Waals surface area contributed by atoms with Crippen LogP contribution in [0.15, 0.2) is 46.9 Å². The minimum atomic E-state index is -0.379. The molecular formula is C17H18BrFN2O2S. The third-order valence-corrected chi connectivity index (χ3v) is 3.83. The molecule has 2 rings (SSSR count). The zero-order valence-corrected chi connectivity index (χ0v) is 15.7. The van der Waals surface area contributed by atoms with Crippen molar-refractivity contribution in [3.05, 3.63) is 52.8 Å². The van der Waals surface area contributed by atoms with Crippen LogP contribution in [0.25, 0.3) is 0 Å². The largest absolute Gasteiger partial charge is 0.497 e. The lowest BCUT2D eigenvalue weighted by Gasteiger charge is -2.18. The molecular weight excluding hydrogens is 395 g/mol. The van der Waals surface area contributed by atoms with Crippen molar-refractivity contribution in [2.75, 3.05) is 19.0 Å². The van der Waals surface area contributed by atoms with E-state index in [0.717, 1.165) is 11.5 Å². The van der Waals surface area contributed by atoms with Crippen molar-refractivity contribution < 1.29 is 13.9 Å². The molecule has 2 aromatic carbocycles. The third kappa shape index (κ3) is 5.65. The molecule has 0 aliphatic carbocycles. The average molecular weight is 413 g/mol. The molecule has 0 bridgehead atoms. The number of halogens is 2. The number of benzene rings is 2. The molecule has 0 heterocycles. The topological polar surface area (TPSA) is 42.5 Å². The Hall–Kier alpha value is -1.86. The molecule has 0 aromatic heterocycles. The Morgan fingerprint density at radius 3 is 2.50 bits per heavy atom. The minimum Gasteiger partial charge on any atom is -0.497 e. The molecule has 24 heavy (non-hydrogen) atoms. The fourth-order valence-electron chi connectivity index (χ4n) is 1.91. The normalized spacial score (nSPS) is 11.5. The van der Waals surface area contributed by atoms with Crippen LogP contribution in [0.5, 0.6) is 11.5 Å². The second-order valence-corrected chi connectivity index (χ2v) is 6.43. The monoisotopic (exact) mass is 412 g/mol. The summed E-state index contributed by atoms with van der Waals surface area (Å²) in [5, 5.41) is 6.22. The van der Waals surface area contributed by atoms with Crippen molar-refractivity contribution in [3.63, 3.8) is 0 Å². The van der Waals surface area contributed by atoms with Crippen LogP contribution in [-0.4, -0.2) is 24.9 Å². The Morgan fingerprint density at radius 2 is 1.88 bits per heavy atom. The van der Waals surface area contributed by atoms with E-state index in [4.69, 9.17) is 21.7 Å². The maximum absolute atomic E-state index is 13.8. The fourth-order valence-corrected chi connectivity index (χ4v) is 2.55. The molecule has 0 aliphatic rings. The van der Waals surface area contributed by atoms with Gasteiger partial charge in [-0.05, 0) is 61.6 Å². The van der Waals surface area contributed by atoms with Gasteiger partial charge >= 0.3 is 0 Å². The van der Waals surface area contributed by atoms with Crippen molar-refractivity contribution in [2.45, 2.75) is 13.0 Å². The molecule has 4 nitrogen and oxygen atoms in total. The van der Waals surface area contributed by atoms with Crippen LogP contribution in [0, 0.1) is 5.82 Å². The van der Waals surface area contributed by atoms with E-state index in [2.05, 4.69) is 26.6 Å². The second kappa shape index (κ2) is 8.84. The van der Waals surface area contributed by atoms with Gasteiger partial charge in [-0.2, -0.15) is 0 Å². The SMILES string of the molecule is COc1ccc(OCC(C)NC(=S)Nc2ccc(Br)cc2F)cc1. The Balaban J connectivity index is 1.80.